The second-order valence-electron chi connectivity index (χ2n) is 6.08. The van der Waals surface area contributed by atoms with E-state index in [1.54, 1.807) is 0 Å². The number of carbonyl (C=O) groups excluding carboxylic acids is 2. The number of nitrogens with zero attached hydrogens (tertiary/aromatic N) is 1. The maximum atomic E-state index is 12.8. The van der Waals surface area contributed by atoms with Crippen LogP contribution in [0.3, 0.4) is 0 Å². The molecule has 2 heterocycles. The Morgan fingerprint density at radius 3 is 2.75 bits per heavy atom. The fourth-order valence-electron chi connectivity index (χ4n) is 3.03. The lowest BCUT2D eigenvalue weighted by Gasteiger charge is -2.34. The van der Waals surface area contributed by atoms with E-state index in [2.05, 4.69) is 12.2 Å². The molecule has 2 amide bonds. The molecule has 4 unspecified atom stereocenters. The first-order valence-electron chi connectivity index (χ1n) is 7.72. The van der Waals surface area contributed by atoms with Crippen LogP contribution < -0.4 is 5.32 Å². The van der Waals surface area contributed by atoms with Crippen LogP contribution in [0, 0.1) is 11.8 Å². The molecule has 2 aliphatic heterocycles. The summed E-state index contributed by atoms with van der Waals surface area (Å²) in [5, 5.41) is 2.89. The van der Waals surface area contributed by atoms with Crippen molar-refractivity contribution >= 4 is 11.8 Å². The molecule has 20 heavy (non-hydrogen) atoms. The van der Waals surface area contributed by atoms with Crippen LogP contribution in [0.2, 0.25) is 0 Å². The van der Waals surface area contributed by atoms with Gasteiger partial charge in [0.15, 0.2) is 0 Å². The van der Waals surface area contributed by atoms with Gasteiger partial charge < -0.3 is 15.0 Å². The number of ether oxygens (including phenoxy) is 1. The number of carbonyl (C=O) groups is 2. The van der Waals surface area contributed by atoms with E-state index in [1.807, 2.05) is 18.7 Å². The van der Waals surface area contributed by atoms with Crippen LogP contribution in [-0.2, 0) is 14.3 Å². The Morgan fingerprint density at radius 2 is 2.15 bits per heavy atom. The van der Waals surface area contributed by atoms with E-state index in [4.69, 9.17) is 4.74 Å². The minimum atomic E-state index is -0.375. The smallest absolute Gasteiger partial charge is 0.245 e. The average Bonchev–Trinajstić information content (AvgIpc) is 2.93. The van der Waals surface area contributed by atoms with Crippen LogP contribution in [0.1, 0.15) is 40.0 Å². The summed E-state index contributed by atoms with van der Waals surface area (Å²) >= 11 is 0. The molecule has 0 saturated carbocycles. The van der Waals surface area contributed by atoms with E-state index in [9.17, 15) is 9.59 Å². The van der Waals surface area contributed by atoms with Crippen LogP contribution in [0.5, 0.6) is 0 Å². The summed E-state index contributed by atoms with van der Waals surface area (Å²) in [6, 6.07) is -0.232. The van der Waals surface area contributed by atoms with Gasteiger partial charge in [-0.2, -0.15) is 0 Å². The van der Waals surface area contributed by atoms with Crippen molar-refractivity contribution in [2.45, 2.75) is 52.1 Å². The van der Waals surface area contributed by atoms with Gasteiger partial charge in [-0.05, 0) is 19.3 Å². The topological polar surface area (TPSA) is 58.6 Å². The van der Waals surface area contributed by atoms with Gasteiger partial charge in [0.2, 0.25) is 11.8 Å². The zero-order valence-corrected chi connectivity index (χ0v) is 12.7. The van der Waals surface area contributed by atoms with Crippen LogP contribution in [0.4, 0.5) is 0 Å². The van der Waals surface area contributed by atoms with Gasteiger partial charge in [0, 0.05) is 31.5 Å². The highest BCUT2D eigenvalue weighted by Crippen LogP contribution is 2.24. The van der Waals surface area contributed by atoms with Gasteiger partial charge in [0.1, 0.15) is 6.04 Å². The Hall–Kier alpha value is -1.10. The zero-order chi connectivity index (χ0) is 14.7. The number of rotatable bonds is 4. The molecule has 4 atom stereocenters. The van der Waals surface area contributed by atoms with Crippen molar-refractivity contribution in [2.24, 2.45) is 11.8 Å². The van der Waals surface area contributed by atoms with E-state index in [-0.39, 0.29) is 29.8 Å². The molecule has 0 aromatic heterocycles. The van der Waals surface area contributed by atoms with Gasteiger partial charge in [-0.3, -0.25) is 9.59 Å². The largest absolute Gasteiger partial charge is 0.381 e. The van der Waals surface area contributed by atoms with E-state index in [0.717, 1.165) is 26.1 Å². The molecule has 5 heteroatoms. The first kappa shape index (κ1) is 15.3. The van der Waals surface area contributed by atoms with Crippen LogP contribution in [0.25, 0.3) is 0 Å². The highest BCUT2D eigenvalue weighted by molar-refractivity contribution is 5.90. The lowest BCUT2D eigenvalue weighted by molar-refractivity contribution is -0.137. The Kier molecular flexibility index (Phi) is 5.02. The molecule has 2 fully saturated rings. The lowest BCUT2D eigenvalue weighted by atomic mass is 9.95. The second-order valence-corrected chi connectivity index (χ2v) is 6.08. The van der Waals surface area contributed by atoms with Crippen molar-refractivity contribution in [1.82, 2.24) is 10.2 Å². The molecule has 0 aromatic rings. The average molecular weight is 282 g/mol. The van der Waals surface area contributed by atoms with Crippen LogP contribution in [-0.4, -0.2) is 48.6 Å². The third-order valence-electron chi connectivity index (χ3n) is 4.80. The van der Waals surface area contributed by atoms with E-state index >= 15 is 0 Å². The molecule has 0 aliphatic carbocycles. The molecule has 0 aromatic carbocycles. The monoisotopic (exact) mass is 282 g/mol. The maximum absolute atomic E-state index is 12.8. The summed E-state index contributed by atoms with van der Waals surface area (Å²) in [7, 11) is 0. The fraction of sp³-hybridized carbons (Fsp3) is 0.867. The molecule has 2 aliphatic rings. The van der Waals surface area contributed by atoms with Crippen LogP contribution in [0.15, 0.2) is 0 Å². The Bertz CT molecular complexity index is 366. The van der Waals surface area contributed by atoms with E-state index in [0.29, 0.717) is 18.9 Å². The number of nitrogens with one attached hydrogen (secondary N) is 1. The molecule has 2 saturated heterocycles. The van der Waals surface area contributed by atoms with Crippen molar-refractivity contribution in [2.75, 3.05) is 19.8 Å². The van der Waals surface area contributed by atoms with Gasteiger partial charge in [0.05, 0.1) is 6.61 Å². The summed E-state index contributed by atoms with van der Waals surface area (Å²) < 4.78 is 5.43. The molecule has 0 spiro atoms. The van der Waals surface area contributed by atoms with E-state index in [1.165, 1.54) is 0 Å². The third kappa shape index (κ3) is 3.14. The summed E-state index contributed by atoms with van der Waals surface area (Å²) in [6.45, 7) is 8.18. The summed E-state index contributed by atoms with van der Waals surface area (Å²) in [5.41, 5.74) is 0. The molecular weight excluding hydrogens is 256 g/mol. The molecule has 5 nitrogen and oxygen atoms in total. The standard InChI is InChI=1S/C15H26N2O3/c1-4-10(2)14-15(19)17(7-5-13(18)16-14)11(3)12-6-8-20-9-12/h10-12,14H,4-9H2,1-3H3,(H,16,18). The quantitative estimate of drug-likeness (QED) is 0.842. The molecule has 0 bridgehead atoms. The van der Waals surface area contributed by atoms with Crippen molar-refractivity contribution in [3.63, 3.8) is 0 Å². The van der Waals surface area contributed by atoms with Gasteiger partial charge in [-0.1, -0.05) is 20.3 Å². The Labute approximate surface area is 121 Å². The normalized spacial score (nSPS) is 30.9. The summed E-state index contributed by atoms with van der Waals surface area (Å²) in [5.74, 6) is 0.620. The summed E-state index contributed by atoms with van der Waals surface area (Å²) in [6.07, 6.45) is 2.28. The van der Waals surface area contributed by atoms with Gasteiger partial charge in [-0.25, -0.2) is 0 Å². The molecule has 1 N–H and O–H groups in total. The second kappa shape index (κ2) is 6.57. The minimum Gasteiger partial charge on any atom is -0.381 e. The first-order chi connectivity index (χ1) is 9.54. The van der Waals surface area contributed by atoms with Crippen molar-refractivity contribution in [3.8, 4) is 0 Å². The molecule has 0 radical (unpaired) electrons. The van der Waals surface area contributed by atoms with Crippen molar-refractivity contribution in [1.29, 1.82) is 0 Å². The Balaban J connectivity index is 2.13. The predicted molar refractivity (Wildman–Crippen MR) is 76.1 cm³/mol. The summed E-state index contributed by atoms with van der Waals surface area (Å²) in [4.78, 5) is 26.5. The first-order valence-corrected chi connectivity index (χ1v) is 7.72. The van der Waals surface area contributed by atoms with Gasteiger partial charge in [-0.15, -0.1) is 0 Å². The molecule has 114 valence electrons. The third-order valence-corrected chi connectivity index (χ3v) is 4.80. The lowest BCUT2D eigenvalue weighted by Crippen LogP contribution is -2.52. The zero-order valence-electron chi connectivity index (χ0n) is 12.7. The molecule has 2 rings (SSSR count). The van der Waals surface area contributed by atoms with Crippen molar-refractivity contribution in [3.05, 3.63) is 0 Å². The minimum absolute atomic E-state index is 0.0129. The highest BCUT2D eigenvalue weighted by atomic mass is 16.5. The number of hydrogen-bond donors (Lipinski definition) is 1. The Morgan fingerprint density at radius 1 is 1.40 bits per heavy atom. The van der Waals surface area contributed by atoms with Gasteiger partial charge in [0.25, 0.3) is 0 Å². The number of amides is 2. The SMILES string of the molecule is CCC(C)C1NC(=O)CCN(C(C)C2CCOC2)C1=O. The van der Waals surface area contributed by atoms with Crippen molar-refractivity contribution < 1.29 is 14.3 Å². The fourth-order valence-corrected chi connectivity index (χ4v) is 3.03. The maximum Gasteiger partial charge on any atom is 0.245 e. The van der Waals surface area contributed by atoms with Crippen LogP contribution >= 0.6 is 0 Å². The molecular formula is C15H26N2O3. The highest BCUT2D eigenvalue weighted by Gasteiger charge is 2.37. The predicted octanol–water partition coefficient (Wildman–Crippen LogP) is 1.17. The van der Waals surface area contributed by atoms with Gasteiger partial charge >= 0.3 is 0 Å². The number of hydrogen-bond acceptors (Lipinski definition) is 3. The van der Waals surface area contributed by atoms with E-state index < -0.39 is 0 Å².